The summed E-state index contributed by atoms with van der Waals surface area (Å²) in [5.74, 6) is 0.142. The van der Waals surface area contributed by atoms with E-state index in [9.17, 15) is 4.79 Å². The molecule has 0 aliphatic carbocycles. The number of hydrogen-bond donors (Lipinski definition) is 1. The van der Waals surface area contributed by atoms with Crippen LogP contribution in [0.4, 0.5) is 0 Å². The Morgan fingerprint density at radius 1 is 1.35 bits per heavy atom. The zero-order valence-corrected chi connectivity index (χ0v) is 11.5. The van der Waals surface area contributed by atoms with Crippen LogP contribution in [-0.2, 0) is 4.79 Å². The van der Waals surface area contributed by atoms with Crippen LogP contribution in [0.3, 0.4) is 0 Å². The predicted molar refractivity (Wildman–Crippen MR) is 77.2 cm³/mol. The van der Waals surface area contributed by atoms with E-state index in [1.807, 2.05) is 13.0 Å². The van der Waals surface area contributed by atoms with Gasteiger partial charge in [0, 0.05) is 17.3 Å². The van der Waals surface area contributed by atoms with Crippen molar-refractivity contribution in [3.05, 3.63) is 58.9 Å². The van der Waals surface area contributed by atoms with E-state index < -0.39 is 5.97 Å². The van der Waals surface area contributed by atoms with Crippen molar-refractivity contribution in [2.24, 2.45) is 0 Å². The lowest BCUT2D eigenvalue weighted by atomic mass is 10.2. The fourth-order valence-electron chi connectivity index (χ4n) is 1.56. The summed E-state index contributed by atoms with van der Waals surface area (Å²) in [5.41, 5.74) is 1.59. The quantitative estimate of drug-likeness (QED) is 0.866. The molecule has 1 aromatic heterocycles. The maximum absolute atomic E-state index is 10.5. The number of carboxylic acids is 1. The minimum absolute atomic E-state index is 0.517. The van der Waals surface area contributed by atoms with Gasteiger partial charge in [0.15, 0.2) is 0 Å². The first-order valence-electron chi connectivity index (χ1n) is 5.84. The minimum Gasteiger partial charge on any atom is -0.478 e. The van der Waals surface area contributed by atoms with Crippen LogP contribution in [-0.4, -0.2) is 16.1 Å². The highest BCUT2D eigenvalue weighted by molar-refractivity contribution is 6.30. The first kappa shape index (κ1) is 14.1. The summed E-state index contributed by atoms with van der Waals surface area (Å²) in [5, 5.41) is 9.18. The molecule has 0 radical (unpaired) electrons. The number of benzene rings is 1. The molecule has 2 rings (SSSR count). The third-order valence-corrected chi connectivity index (χ3v) is 2.77. The summed E-state index contributed by atoms with van der Waals surface area (Å²) in [4.78, 5) is 14.5. The molecule has 0 bridgehead atoms. The number of carboxylic acid groups (broad SMARTS) is 1. The Bertz CT molecular complexity index is 668. The van der Waals surface area contributed by atoms with Gasteiger partial charge in [0.2, 0.25) is 0 Å². The molecule has 4 nitrogen and oxygen atoms in total. The number of hydrogen-bond acceptors (Lipinski definition) is 3. The maximum Gasteiger partial charge on any atom is 0.328 e. The largest absolute Gasteiger partial charge is 0.478 e. The van der Waals surface area contributed by atoms with Gasteiger partial charge < -0.3 is 9.84 Å². The van der Waals surface area contributed by atoms with Crippen LogP contribution in [0.25, 0.3) is 6.08 Å². The van der Waals surface area contributed by atoms with E-state index in [4.69, 9.17) is 21.4 Å². The van der Waals surface area contributed by atoms with Gasteiger partial charge in [-0.05, 0) is 42.3 Å². The van der Waals surface area contributed by atoms with Gasteiger partial charge in [-0.3, -0.25) is 4.98 Å². The van der Waals surface area contributed by atoms with Gasteiger partial charge in [-0.2, -0.15) is 0 Å². The van der Waals surface area contributed by atoms with Gasteiger partial charge in [-0.1, -0.05) is 17.7 Å². The lowest BCUT2D eigenvalue weighted by molar-refractivity contribution is -0.131. The van der Waals surface area contributed by atoms with Gasteiger partial charge in [0.05, 0.1) is 6.20 Å². The smallest absolute Gasteiger partial charge is 0.328 e. The van der Waals surface area contributed by atoms with Crippen molar-refractivity contribution >= 4 is 23.6 Å². The molecule has 1 heterocycles. The molecular weight excluding hydrogens is 278 g/mol. The standard InChI is InChI=1S/C15H12ClNO3/c1-10-2-4-12(16)7-14(10)20-13-6-11(8-17-9-13)3-5-15(18)19/h2-9H,1H3,(H,18,19)/b5-3+. The fraction of sp³-hybridized carbons (Fsp3) is 0.0667. The Labute approximate surface area is 121 Å². The molecule has 5 heteroatoms. The second kappa shape index (κ2) is 6.21. The van der Waals surface area contributed by atoms with Crippen molar-refractivity contribution in [2.75, 3.05) is 0 Å². The van der Waals surface area contributed by atoms with Crippen LogP contribution >= 0.6 is 11.6 Å². The SMILES string of the molecule is Cc1ccc(Cl)cc1Oc1cncc(/C=C/C(=O)O)c1. The summed E-state index contributed by atoms with van der Waals surface area (Å²) in [7, 11) is 0. The van der Waals surface area contributed by atoms with E-state index in [1.54, 1.807) is 30.6 Å². The average Bonchev–Trinajstić information content (AvgIpc) is 2.41. The number of pyridine rings is 1. The van der Waals surface area contributed by atoms with Crippen molar-refractivity contribution < 1.29 is 14.6 Å². The first-order valence-corrected chi connectivity index (χ1v) is 6.22. The third-order valence-electron chi connectivity index (χ3n) is 2.53. The normalized spacial score (nSPS) is 10.7. The van der Waals surface area contributed by atoms with E-state index in [-0.39, 0.29) is 0 Å². The summed E-state index contributed by atoms with van der Waals surface area (Å²) in [6.07, 6.45) is 5.61. The molecule has 0 atom stereocenters. The van der Waals surface area contributed by atoms with E-state index in [1.165, 1.54) is 6.08 Å². The second-order valence-electron chi connectivity index (χ2n) is 4.14. The van der Waals surface area contributed by atoms with Gasteiger partial charge in [-0.25, -0.2) is 4.79 Å². The minimum atomic E-state index is -1.01. The number of nitrogens with zero attached hydrogens (tertiary/aromatic N) is 1. The van der Waals surface area contributed by atoms with E-state index in [0.29, 0.717) is 22.1 Å². The molecular formula is C15H12ClNO3. The van der Waals surface area contributed by atoms with Crippen LogP contribution < -0.4 is 4.74 Å². The molecule has 0 spiro atoms. The van der Waals surface area contributed by atoms with Gasteiger partial charge >= 0.3 is 5.97 Å². The Morgan fingerprint density at radius 3 is 2.90 bits per heavy atom. The van der Waals surface area contributed by atoms with Crippen LogP contribution in [0.5, 0.6) is 11.5 Å². The Morgan fingerprint density at radius 2 is 2.15 bits per heavy atom. The topological polar surface area (TPSA) is 59.4 Å². The summed E-state index contributed by atoms with van der Waals surface area (Å²) >= 11 is 5.93. The average molecular weight is 290 g/mol. The molecule has 1 N–H and O–H groups in total. The maximum atomic E-state index is 10.5. The number of aromatic nitrogens is 1. The van der Waals surface area contributed by atoms with Crippen LogP contribution in [0.15, 0.2) is 42.7 Å². The monoisotopic (exact) mass is 289 g/mol. The molecule has 0 saturated carbocycles. The van der Waals surface area contributed by atoms with Gasteiger partial charge in [0.1, 0.15) is 11.5 Å². The van der Waals surface area contributed by atoms with Crippen LogP contribution in [0.2, 0.25) is 5.02 Å². The van der Waals surface area contributed by atoms with E-state index in [2.05, 4.69) is 4.98 Å². The van der Waals surface area contributed by atoms with E-state index in [0.717, 1.165) is 11.6 Å². The molecule has 0 aliphatic heterocycles. The highest BCUT2D eigenvalue weighted by Crippen LogP contribution is 2.28. The molecule has 0 unspecified atom stereocenters. The van der Waals surface area contributed by atoms with E-state index >= 15 is 0 Å². The first-order chi connectivity index (χ1) is 9.54. The van der Waals surface area contributed by atoms with Gasteiger partial charge in [0.25, 0.3) is 0 Å². The Kier molecular flexibility index (Phi) is 4.38. The van der Waals surface area contributed by atoms with Crippen molar-refractivity contribution in [3.8, 4) is 11.5 Å². The summed E-state index contributed by atoms with van der Waals surface area (Å²) in [6.45, 7) is 1.91. The van der Waals surface area contributed by atoms with Crippen LogP contribution in [0, 0.1) is 6.92 Å². The second-order valence-corrected chi connectivity index (χ2v) is 4.57. The highest BCUT2D eigenvalue weighted by Gasteiger charge is 2.03. The molecule has 0 fully saturated rings. The number of rotatable bonds is 4. The molecule has 102 valence electrons. The molecule has 0 aliphatic rings. The molecule has 0 amide bonds. The fourth-order valence-corrected chi connectivity index (χ4v) is 1.72. The summed E-state index contributed by atoms with van der Waals surface area (Å²) in [6, 6.07) is 7.07. The lowest BCUT2D eigenvalue weighted by Crippen LogP contribution is -1.90. The Hall–Kier alpha value is -2.33. The van der Waals surface area contributed by atoms with Crippen molar-refractivity contribution in [3.63, 3.8) is 0 Å². The lowest BCUT2D eigenvalue weighted by Gasteiger charge is -2.09. The Balaban J connectivity index is 2.23. The number of carbonyl (C=O) groups is 1. The highest BCUT2D eigenvalue weighted by atomic mass is 35.5. The van der Waals surface area contributed by atoms with Crippen molar-refractivity contribution in [2.45, 2.75) is 6.92 Å². The van der Waals surface area contributed by atoms with Crippen molar-refractivity contribution in [1.82, 2.24) is 4.98 Å². The number of aryl methyl sites for hydroxylation is 1. The zero-order chi connectivity index (χ0) is 14.5. The zero-order valence-electron chi connectivity index (χ0n) is 10.7. The van der Waals surface area contributed by atoms with Gasteiger partial charge in [-0.15, -0.1) is 0 Å². The number of aliphatic carboxylic acids is 1. The molecule has 0 saturated heterocycles. The van der Waals surface area contributed by atoms with Crippen molar-refractivity contribution in [1.29, 1.82) is 0 Å². The molecule has 1 aromatic carbocycles. The van der Waals surface area contributed by atoms with Crippen LogP contribution in [0.1, 0.15) is 11.1 Å². The predicted octanol–water partition coefficient (Wildman–Crippen LogP) is 3.93. The third kappa shape index (κ3) is 3.83. The number of halogens is 1. The molecule has 2 aromatic rings. The molecule has 20 heavy (non-hydrogen) atoms. The number of ether oxygens (including phenoxy) is 1. The summed E-state index contributed by atoms with van der Waals surface area (Å²) < 4.78 is 5.71.